The Labute approximate surface area is 229 Å². The van der Waals surface area contributed by atoms with E-state index in [1.807, 2.05) is 47.0 Å². The summed E-state index contributed by atoms with van der Waals surface area (Å²) in [6.07, 6.45) is 0.624. The summed E-state index contributed by atoms with van der Waals surface area (Å²) in [5.41, 5.74) is 2.45. The minimum Gasteiger partial charge on any atom is -0.495 e. The molecule has 9 nitrogen and oxygen atoms in total. The fourth-order valence-electron chi connectivity index (χ4n) is 4.33. The van der Waals surface area contributed by atoms with E-state index in [0.29, 0.717) is 44.0 Å². The van der Waals surface area contributed by atoms with Crippen LogP contribution in [-0.4, -0.2) is 74.7 Å². The number of benzene rings is 2. The molecule has 1 aliphatic rings. The van der Waals surface area contributed by atoms with Gasteiger partial charge < -0.3 is 14.5 Å². The summed E-state index contributed by atoms with van der Waals surface area (Å²) >= 11 is 2.98. The highest BCUT2D eigenvalue weighted by Gasteiger charge is 2.25. The summed E-state index contributed by atoms with van der Waals surface area (Å²) < 4.78 is 7.67. The van der Waals surface area contributed by atoms with E-state index in [4.69, 9.17) is 4.74 Å². The number of thioether (sulfide) groups is 1. The highest BCUT2D eigenvalue weighted by molar-refractivity contribution is 7.98. The molecule has 1 saturated heterocycles. The number of carbonyl (C=O) groups excluding carboxylic acids is 2. The van der Waals surface area contributed by atoms with Gasteiger partial charge in [-0.3, -0.25) is 14.2 Å². The zero-order valence-electron chi connectivity index (χ0n) is 21.2. The van der Waals surface area contributed by atoms with Gasteiger partial charge in [-0.1, -0.05) is 54.2 Å². The van der Waals surface area contributed by atoms with Crippen molar-refractivity contribution in [3.63, 3.8) is 0 Å². The molecule has 0 radical (unpaired) electrons. The van der Waals surface area contributed by atoms with Gasteiger partial charge in [0.25, 0.3) is 5.91 Å². The molecule has 0 atom stereocenters. The second-order valence-electron chi connectivity index (χ2n) is 8.78. The molecule has 2 aromatic heterocycles. The largest absolute Gasteiger partial charge is 0.495 e. The molecule has 11 heteroatoms. The smallest absolute Gasteiger partial charge is 0.273 e. The van der Waals surface area contributed by atoms with Gasteiger partial charge in [0.05, 0.1) is 18.6 Å². The number of thiazole rings is 1. The molecule has 0 spiro atoms. The number of aromatic nitrogens is 4. The molecule has 2 amide bonds. The van der Waals surface area contributed by atoms with Gasteiger partial charge in [-0.2, -0.15) is 0 Å². The van der Waals surface area contributed by atoms with Crippen molar-refractivity contribution in [3.8, 4) is 11.4 Å². The van der Waals surface area contributed by atoms with Crippen LogP contribution in [0.25, 0.3) is 5.69 Å². The predicted molar refractivity (Wildman–Crippen MR) is 147 cm³/mol. The van der Waals surface area contributed by atoms with Gasteiger partial charge in [0.1, 0.15) is 22.3 Å². The average molecular weight is 549 g/mol. The molecule has 38 heavy (non-hydrogen) atoms. The molecule has 0 N–H and O–H groups in total. The van der Waals surface area contributed by atoms with E-state index in [9.17, 15) is 9.59 Å². The molecule has 196 valence electrons. The zero-order chi connectivity index (χ0) is 26.5. The summed E-state index contributed by atoms with van der Waals surface area (Å²) in [7, 11) is 1.65. The van der Waals surface area contributed by atoms with Gasteiger partial charge in [-0.05, 0) is 17.7 Å². The predicted octanol–water partition coefficient (Wildman–Crippen LogP) is 3.92. The van der Waals surface area contributed by atoms with E-state index in [-0.39, 0.29) is 11.8 Å². The van der Waals surface area contributed by atoms with E-state index in [1.165, 1.54) is 23.1 Å². The van der Waals surface area contributed by atoms with Crippen molar-refractivity contribution in [1.82, 2.24) is 29.5 Å². The minimum absolute atomic E-state index is 0.0398. The lowest BCUT2D eigenvalue weighted by atomic mass is 10.1. The lowest BCUT2D eigenvalue weighted by Gasteiger charge is -2.33. The summed E-state index contributed by atoms with van der Waals surface area (Å²) in [4.78, 5) is 32.7. The second kappa shape index (κ2) is 11.8. The second-order valence-corrected chi connectivity index (χ2v) is 10.7. The molecule has 3 heterocycles. The van der Waals surface area contributed by atoms with Gasteiger partial charge in [0.2, 0.25) is 5.91 Å². The molecule has 2 aromatic carbocycles. The van der Waals surface area contributed by atoms with Gasteiger partial charge in [0, 0.05) is 44.9 Å². The fraction of sp³-hybridized carbons (Fsp3) is 0.296. The fourth-order valence-corrected chi connectivity index (χ4v) is 6.08. The van der Waals surface area contributed by atoms with Crippen molar-refractivity contribution in [3.05, 3.63) is 82.1 Å². The maximum atomic E-state index is 13.0. The Balaban J connectivity index is 1.33. The van der Waals surface area contributed by atoms with E-state index in [1.54, 1.807) is 29.2 Å². The highest BCUT2D eigenvalue weighted by atomic mass is 32.2. The topological polar surface area (TPSA) is 93.4 Å². The van der Waals surface area contributed by atoms with Crippen LogP contribution < -0.4 is 4.74 Å². The Hall–Kier alpha value is -3.70. The number of amides is 2. The SMILES string of the molecule is COc1ccccc1-n1c(Cc2ccccc2)nnc1SCc1nc(C(=O)N2CCN(C(C)=O)CC2)cs1. The number of hydrogen-bond acceptors (Lipinski definition) is 8. The first-order valence-corrected chi connectivity index (χ1v) is 14.1. The summed E-state index contributed by atoms with van der Waals surface area (Å²) in [6.45, 7) is 3.70. The van der Waals surface area contributed by atoms with Gasteiger partial charge in [-0.15, -0.1) is 21.5 Å². The van der Waals surface area contributed by atoms with E-state index in [0.717, 1.165) is 33.0 Å². The maximum Gasteiger partial charge on any atom is 0.273 e. The van der Waals surface area contributed by atoms with Gasteiger partial charge in [0.15, 0.2) is 5.16 Å². The van der Waals surface area contributed by atoms with E-state index >= 15 is 0 Å². The Bertz CT molecular complexity index is 1410. The van der Waals surface area contributed by atoms with Crippen molar-refractivity contribution < 1.29 is 14.3 Å². The van der Waals surface area contributed by atoms with Crippen LogP contribution in [0.1, 0.15) is 33.8 Å². The Morgan fingerprint density at radius 3 is 2.42 bits per heavy atom. The van der Waals surface area contributed by atoms with Crippen LogP contribution in [-0.2, 0) is 17.0 Å². The molecule has 0 unspecified atom stereocenters. The van der Waals surface area contributed by atoms with Crippen LogP contribution in [0.15, 0.2) is 65.1 Å². The number of carbonyl (C=O) groups is 2. The number of rotatable bonds is 8. The zero-order valence-corrected chi connectivity index (χ0v) is 22.9. The molecule has 4 aromatic rings. The molecular formula is C27H28N6O3S2. The number of methoxy groups -OCH3 is 1. The third kappa shape index (κ3) is 5.73. The van der Waals surface area contributed by atoms with Gasteiger partial charge >= 0.3 is 0 Å². The Kier molecular flexibility index (Phi) is 8.04. The minimum atomic E-state index is -0.0944. The van der Waals surface area contributed by atoms with E-state index in [2.05, 4.69) is 27.3 Å². The molecule has 0 saturated carbocycles. The van der Waals surface area contributed by atoms with Crippen molar-refractivity contribution in [2.45, 2.75) is 24.3 Å². The Morgan fingerprint density at radius 2 is 1.68 bits per heavy atom. The van der Waals surface area contributed by atoms with Crippen molar-refractivity contribution in [2.24, 2.45) is 0 Å². The van der Waals surface area contributed by atoms with Gasteiger partial charge in [-0.25, -0.2) is 4.98 Å². The van der Waals surface area contributed by atoms with Crippen molar-refractivity contribution in [2.75, 3.05) is 33.3 Å². The molecule has 1 fully saturated rings. The summed E-state index contributed by atoms with van der Waals surface area (Å²) in [5.74, 6) is 2.04. The van der Waals surface area contributed by atoms with Crippen LogP contribution in [0.2, 0.25) is 0 Å². The number of piperazine rings is 1. The molecule has 0 aliphatic carbocycles. The number of nitrogens with zero attached hydrogens (tertiary/aromatic N) is 6. The third-order valence-electron chi connectivity index (χ3n) is 6.34. The Morgan fingerprint density at radius 1 is 0.974 bits per heavy atom. The average Bonchev–Trinajstić information content (AvgIpc) is 3.59. The summed E-state index contributed by atoms with van der Waals surface area (Å²) in [5, 5.41) is 12.4. The first-order chi connectivity index (χ1) is 18.5. The molecule has 5 rings (SSSR count). The van der Waals surface area contributed by atoms with E-state index < -0.39 is 0 Å². The number of ether oxygens (including phenoxy) is 1. The van der Waals surface area contributed by atoms with Crippen LogP contribution in [0.4, 0.5) is 0 Å². The van der Waals surface area contributed by atoms with Crippen LogP contribution >= 0.6 is 23.1 Å². The monoisotopic (exact) mass is 548 g/mol. The number of hydrogen-bond donors (Lipinski definition) is 0. The molecule has 1 aliphatic heterocycles. The lowest BCUT2D eigenvalue weighted by molar-refractivity contribution is -0.130. The lowest BCUT2D eigenvalue weighted by Crippen LogP contribution is -2.50. The normalized spacial score (nSPS) is 13.5. The first kappa shape index (κ1) is 25.9. The van der Waals surface area contributed by atoms with Crippen molar-refractivity contribution >= 4 is 34.9 Å². The van der Waals surface area contributed by atoms with Crippen LogP contribution in [0.5, 0.6) is 5.75 Å². The maximum absolute atomic E-state index is 13.0. The van der Waals surface area contributed by atoms with Crippen LogP contribution in [0.3, 0.4) is 0 Å². The van der Waals surface area contributed by atoms with Crippen LogP contribution in [0, 0.1) is 0 Å². The first-order valence-electron chi connectivity index (χ1n) is 12.3. The molecular weight excluding hydrogens is 520 g/mol. The summed E-state index contributed by atoms with van der Waals surface area (Å²) in [6, 6.07) is 18.0. The standard InChI is InChI=1S/C27H28N6O3S2/c1-19(34)31-12-14-32(15-13-31)26(35)21-17-37-25(28-21)18-38-27-30-29-24(16-20-8-4-3-5-9-20)33(27)22-10-6-7-11-23(22)36-2/h3-11,17H,12-16,18H2,1-2H3. The highest BCUT2D eigenvalue weighted by Crippen LogP contribution is 2.31. The number of para-hydroxylation sites is 2. The third-order valence-corrected chi connectivity index (χ3v) is 8.31. The molecule has 0 bridgehead atoms. The van der Waals surface area contributed by atoms with Crippen molar-refractivity contribution in [1.29, 1.82) is 0 Å². The quantitative estimate of drug-likeness (QED) is 0.308.